The van der Waals surface area contributed by atoms with E-state index in [0.717, 1.165) is 21.6 Å². The Kier molecular flexibility index (Phi) is 5.07. The van der Waals surface area contributed by atoms with Gasteiger partial charge in [0, 0.05) is 19.2 Å². The van der Waals surface area contributed by atoms with Crippen molar-refractivity contribution in [3.8, 4) is 0 Å². The van der Waals surface area contributed by atoms with Crippen molar-refractivity contribution in [2.24, 2.45) is 0 Å². The van der Waals surface area contributed by atoms with Crippen LogP contribution >= 0.6 is 38.9 Å². The Morgan fingerprint density at radius 3 is 2.58 bits per heavy atom. The fraction of sp³-hybridized carbons (Fsp3) is 0.333. The number of nitrogens with one attached hydrogen (secondary N) is 1. The van der Waals surface area contributed by atoms with Crippen LogP contribution in [0.2, 0.25) is 5.02 Å². The van der Waals surface area contributed by atoms with E-state index in [2.05, 4.69) is 60.2 Å². The molecule has 0 aliphatic carbocycles. The Labute approximate surface area is 132 Å². The van der Waals surface area contributed by atoms with E-state index in [4.69, 9.17) is 11.6 Å². The third kappa shape index (κ3) is 3.40. The molecule has 0 saturated carbocycles. The van der Waals surface area contributed by atoms with Crippen molar-refractivity contribution in [1.29, 1.82) is 0 Å². The van der Waals surface area contributed by atoms with Crippen molar-refractivity contribution < 1.29 is 0 Å². The molecule has 0 radical (unpaired) electrons. The molecular weight excluding hydrogens is 342 g/mol. The van der Waals surface area contributed by atoms with Crippen LogP contribution in [0.5, 0.6) is 0 Å². The van der Waals surface area contributed by atoms with Crippen LogP contribution in [0.4, 0.5) is 0 Å². The van der Waals surface area contributed by atoms with Crippen molar-refractivity contribution in [2.75, 3.05) is 6.54 Å². The third-order valence-electron chi connectivity index (χ3n) is 2.97. The maximum absolute atomic E-state index is 6.42. The van der Waals surface area contributed by atoms with Gasteiger partial charge in [0.25, 0.3) is 0 Å². The van der Waals surface area contributed by atoms with Crippen molar-refractivity contribution in [1.82, 2.24) is 5.32 Å². The number of aryl methyl sites for hydroxylation is 2. The zero-order valence-electron chi connectivity index (χ0n) is 11.3. The summed E-state index contributed by atoms with van der Waals surface area (Å²) in [7, 11) is 0. The second kappa shape index (κ2) is 6.40. The van der Waals surface area contributed by atoms with Gasteiger partial charge in [0.15, 0.2) is 0 Å². The molecule has 1 heterocycles. The molecule has 4 heteroatoms. The summed E-state index contributed by atoms with van der Waals surface area (Å²) in [5.74, 6) is 0. The summed E-state index contributed by atoms with van der Waals surface area (Å²) >= 11 is 11.9. The van der Waals surface area contributed by atoms with E-state index in [-0.39, 0.29) is 6.04 Å². The minimum Gasteiger partial charge on any atom is -0.306 e. The highest BCUT2D eigenvalue weighted by Gasteiger charge is 2.20. The van der Waals surface area contributed by atoms with Crippen LogP contribution in [0.3, 0.4) is 0 Å². The number of hydrogen-bond acceptors (Lipinski definition) is 2. The van der Waals surface area contributed by atoms with Crippen LogP contribution in [-0.4, -0.2) is 6.54 Å². The van der Waals surface area contributed by atoms with E-state index in [9.17, 15) is 0 Å². The molecule has 102 valence electrons. The van der Waals surface area contributed by atoms with E-state index >= 15 is 0 Å². The summed E-state index contributed by atoms with van der Waals surface area (Å²) in [4.78, 5) is 2.58. The number of hydrogen-bond donors (Lipinski definition) is 1. The highest BCUT2D eigenvalue weighted by atomic mass is 79.9. The number of halogens is 2. The molecule has 2 aromatic rings. The van der Waals surface area contributed by atoms with E-state index < -0.39 is 0 Å². The first kappa shape index (κ1) is 15.0. The van der Waals surface area contributed by atoms with Gasteiger partial charge in [0.1, 0.15) is 0 Å². The van der Waals surface area contributed by atoms with Crippen LogP contribution in [0.1, 0.15) is 33.8 Å². The minimum absolute atomic E-state index is 0.145. The Bertz CT molecular complexity index is 580. The topological polar surface area (TPSA) is 12.0 Å². The van der Waals surface area contributed by atoms with Gasteiger partial charge in [-0.25, -0.2) is 0 Å². The van der Waals surface area contributed by atoms with Gasteiger partial charge in [-0.3, -0.25) is 0 Å². The smallest absolute Gasteiger partial charge is 0.0697 e. The van der Waals surface area contributed by atoms with Crippen molar-refractivity contribution in [3.05, 3.63) is 54.6 Å². The predicted octanol–water partition coefficient (Wildman–Crippen LogP) is 5.48. The summed E-state index contributed by atoms with van der Waals surface area (Å²) in [6.07, 6.45) is 0. The van der Waals surface area contributed by atoms with Crippen LogP contribution in [-0.2, 0) is 0 Å². The van der Waals surface area contributed by atoms with Crippen LogP contribution in [0.25, 0.3) is 0 Å². The lowest BCUT2D eigenvalue weighted by Crippen LogP contribution is -2.21. The predicted molar refractivity (Wildman–Crippen MR) is 88.5 cm³/mol. The largest absolute Gasteiger partial charge is 0.306 e. The Morgan fingerprint density at radius 1 is 1.32 bits per heavy atom. The Morgan fingerprint density at radius 2 is 2.05 bits per heavy atom. The average Bonchev–Trinajstić information content (AvgIpc) is 2.66. The standard InChI is InChI=1S/C15H17BrClNS/c1-4-18-14(15-12(16)8-10(3)19-15)11-6-5-9(2)7-13(11)17/h5-8,14,18H,4H2,1-3H3. The van der Waals surface area contributed by atoms with E-state index in [1.165, 1.54) is 15.3 Å². The van der Waals surface area contributed by atoms with Crippen molar-refractivity contribution in [2.45, 2.75) is 26.8 Å². The van der Waals surface area contributed by atoms with Gasteiger partial charge in [-0.1, -0.05) is 30.7 Å². The molecule has 1 unspecified atom stereocenters. The number of benzene rings is 1. The summed E-state index contributed by atoms with van der Waals surface area (Å²) < 4.78 is 1.15. The average molecular weight is 359 g/mol. The SMILES string of the molecule is CCNC(c1ccc(C)cc1Cl)c1sc(C)cc1Br. The minimum atomic E-state index is 0.145. The normalized spacial score (nSPS) is 12.7. The monoisotopic (exact) mass is 357 g/mol. The molecule has 1 aromatic heterocycles. The molecule has 19 heavy (non-hydrogen) atoms. The third-order valence-corrected chi connectivity index (χ3v) is 5.33. The zero-order chi connectivity index (χ0) is 14.0. The van der Waals surface area contributed by atoms with Gasteiger partial charge in [0.2, 0.25) is 0 Å². The lowest BCUT2D eigenvalue weighted by atomic mass is 10.0. The van der Waals surface area contributed by atoms with Gasteiger partial charge in [-0.05, 0) is 59.6 Å². The van der Waals surface area contributed by atoms with Crippen LogP contribution < -0.4 is 5.32 Å². The molecular formula is C15H17BrClNS. The Hall–Kier alpha value is -0.350. The molecule has 0 bridgehead atoms. The number of rotatable bonds is 4. The zero-order valence-corrected chi connectivity index (χ0v) is 14.4. The summed E-state index contributed by atoms with van der Waals surface area (Å²) in [5, 5.41) is 4.35. The summed E-state index contributed by atoms with van der Waals surface area (Å²) in [6, 6.07) is 8.56. The molecule has 0 saturated heterocycles. The second-order valence-corrected chi connectivity index (χ2v) is 7.13. The lowest BCUT2D eigenvalue weighted by molar-refractivity contribution is 0.638. The molecule has 0 aliphatic heterocycles. The first-order chi connectivity index (χ1) is 9.02. The molecule has 0 amide bonds. The quantitative estimate of drug-likeness (QED) is 0.763. The molecule has 0 spiro atoms. The molecule has 0 aliphatic rings. The van der Waals surface area contributed by atoms with Crippen LogP contribution in [0.15, 0.2) is 28.7 Å². The summed E-state index contributed by atoms with van der Waals surface area (Å²) in [6.45, 7) is 7.20. The van der Waals surface area contributed by atoms with Gasteiger partial charge in [-0.2, -0.15) is 0 Å². The van der Waals surface area contributed by atoms with Gasteiger partial charge < -0.3 is 5.32 Å². The van der Waals surface area contributed by atoms with Crippen LogP contribution in [0, 0.1) is 13.8 Å². The van der Waals surface area contributed by atoms with E-state index in [0.29, 0.717) is 0 Å². The molecule has 1 atom stereocenters. The molecule has 1 N–H and O–H groups in total. The van der Waals surface area contributed by atoms with E-state index in [1.54, 1.807) is 11.3 Å². The molecule has 0 fully saturated rings. The van der Waals surface area contributed by atoms with Crippen molar-refractivity contribution in [3.63, 3.8) is 0 Å². The van der Waals surface area contributed by atoms with Gasteiger partial charge >= 0.3 is 0 Å². The van der Waals surface area contributed by atoms with Crippen molar-refractivity contribution >= 4 is 38.9 Å². The van der Waals surface area contributed by atoms with Gasteiger partial charge in [-0.15, -0.1) is 11.3 Å². The fourth-order valence-electron chi connectivity index (χ4n) is 2.11. The maximum atomic E-state index is 6.42. The number of thiophene rings is 1. The first-order valence-corrected chi connectivity index (χ1v) is 8.27. The van der Waals surface area contributed by atoms with E-state index in [1.807, 2.05) is 6.07 Å². The second-order valence-electron chi connectivity index (χ2n) is 4.58. The first-order valence-electron chi connectivity index (χ1n) is 6.28. The summed E-state index contributed by atoms with van der Waals surface area (Å²) in [5.41, 5.74) is 2.32. The van der Waals surface area contributed by atoms with Gasteiger partial charge in [0.05, 0.1) is 6.04 Å². The highest BCUT2D eigenvalue weighted by Crippen LogP contribution is 2.38. The molecule has 1 aromatic carbocycles. The maximum Gasteiger partial charge on any atom is 0.0697 e. The fourth-order valence-corrected chi connectivity index (χ4v) is 4.43. The Balaban J connectivity index is 2.48. The highest BCUT2D eigenvalue weighted by molar-refractivity contribution is 9.10. The molecule has 1 nitrogen and oxygen atoms in total. The molecule has 2 rings (SSSR count). The lowest BCUT2D eigenvalue weighted by Gasteiger charge is -2.19.